The lowest BCUT2D eigenvalue weighted by Gasteiger charge is -2.32. The number of nitrogens with zero attached hydrogens (tertiary/aromatic N) is 3. The fourth-order valence-corrected chi connectivity index (χ4v) is 4.76. The molecule has 2 atom stereocenters. The number of carbonyl (C=O) groups excluding carboxylic acids is 1. The van der Waals surface area contributed by atoms with Gasteiger partial charge in [0, 0.05) is 31.7 Å². The lowest BCUT2D eigenvalue weighted by atomic mass is 9.82. The monoisotopic (exact) mass is 441 g/mol. The highest BCUT2D eigenvalue weighted by atomic mass is 32.1. The summed E-state index contributed by atoms with van der Waals surface area (Å²) in [7, 11) is 0. The summed E-state index contributed by atoms with van der Waals surface area (Å²) in [4.78, 5) is 32.7. The number of hydrogen-bond acceptors (Lipinski definition) is 6. The number of thiazole rings is 1. The normalized spacial score (nSPS) is 17.1. The van der Waals surface area contributed by atoms with Crippen LogP contribution in [0.15, 0.2) is 5.38 Å². The summed E-state index contributed by atoms with van der Waals surface area (Å²) in [6.45, 7) is 14.2. The van der Waals surface area contributed by atoms with Gasteiger partial charge in [-0.05, 0) is 31.6 Å². The van der Waals surface area contributed by atoms with Crippen LogP contribution < -0.4 is 0 Å². The van der Waals surface area contributed by atoms with Gasteiger partial charge < -0.3 is 24.4 Å². The van der Waals surface area contributed by atoms with E-state index in [0.29, 0.717) is 32.8 Å². The smallest absolute Gasteiger partial charge is 0.326 e. The fraction of sp³-hybridized carbons (Fsp3) is 0.762. The molecule has 0 bridgehead atoms. The number of amides is 2. The van der Waals surface area contributed by atoms with E-state index < -0.39 is 18.3 Å². The molecule has 8 nitrogen and oxygen atoms in total. The van der Waals surface area contributed by atoms with Gasteiger partial charge in [-0.2, -0.15) is 0 Å². The van der Waals surface area contributed by atoms with E-state index >= 15 is 0 Å². The Labute approximate surface area is 183 Å². The SMILES string of the molecule is CCOC(OCC)c1nc(CN2CCN([C@H](C(=O)O)C(C)CC(C)(C)C)C2=O)cs1. The van der Waals surface area contributed by atoms with Crippen LogP contribution >= 0.6 is 11.3 Å². The van der Waals surface area contributed by atoms with Crippen molar-refractivity contribution in [3.63, 3.8) is 0 Å². The van der Waals surface area contributed by atoms with Crippen molar-refractivity contribution in [2.24, 2.45) is 11.3 Å². The maximum Gasteiger partial charge on any atom is 0.326 e. The zero-order valence-corrected chi connectivity index (χ0v) is 19.7. The van der Waals surface area contributed by atoms with E-state index in [1.807, 2.05) is 26.2 Å². The molecule has 1 unspecified atom stereocenters. The first kappa shape index (κ1) is 24.6. The fourth-order valence-electron chi connectivity index (χ4n) is 3.96. The minimum absolute atomic E-state index is 0.00969. The van der Waals surface area contributed by atoms with Gasteiger partial charge in [-0.1, -0.05) is 27.7 Å². The Hall–Kier alpha value is -1.71. The number of hydrogen-bond donors (Lipinski definition) is 1. The lowest BCUT2D eigenvalue weighted by Crippen LogP contribution is -2.48. The van der Waals surface area contributed by atoms with Gasteiger partial charge in [0.05, 0.1) is 12.2 Å². The van der Waals surface area contributed by atoms with Crippen LogP contribution in [-0.4, -0.2) is 64.2 Å². The molecule has 1 N–H and O–H groups in total. The van der Waals surface area contributed by atoms with E-state index in [2.05, 4.69) is 25.8 Å². The molecule has 1 aliphatic heterocycles. The molecular formula is C21H35N3O5S. The van der Waals surface area contributed by atoms with Crippen molar-refractivity contribution in [3.05, 3.63) is 16.1 Å². The average molecular weight is 442 g/mol. The van der Waals surface area contributed by atoms with Crippen molar-refractivity contribution in [2.75, 3.05) is 26.3 Å². The van der Waals surface area contributed by atoms with Crippen LogP contribution in [-0.2, 0) is 20.8 Å². The maximum absolute atomic E-state index is 13.0. The maximum atomic E-state index is 13.0. The summed E-state index contributed by atoms with van der Waals surface area (Å²) in [5.74, 6) is -1.09. The predicted octanol–water partition coefficient (Wildman–Crippen LogP) is 3.98. The molecule has 30 heavy (non-hydrogen) atoms. The third-order valence-corrected chi connectivity index (χ3v) is 5.86. The number of carboxylic acids is 1. The molecule has 0 radical (unpaired) electrons. The standard InChI is InChI=1S/C21H35N3O5S/c1-7-28-19(29-8-2)17-22-15(13-30-17)12-23-9-10-24(20(23)27)16(18(25)26)14(3)11-21(4,5)6/h13-14,16,19H,7-12H2,1-6H3,(H,25,26)/t14?,16-/m0/s1. The molecule has 2 amide bonds. The van der Waals surface area contributed by atoms with E-state index in [0.717, 1.165) is 17.1 Å². The summed E-state index contributed by atoms with van der Waals surface area (Å²) >= 11 is 1.44. The molecule has 2 heterocycles. The van der Waals surface area contributed by atoms with Crippen molar-refractivity contribution in [1.82, 2.24) is 14.8 Å². The van der Waals surface area contributed by atoms with E-state index in [9.17, 15) is 14.7 Å². The number of ether oxygens (including phenoxy) is 2. The molecule has 0 aromatic carbocycles. The molecule has 1 fully saturated rings. The van der Waals surface area contributed by atoms with Crippen LogP contribution in [0.25, 0.3) is 0 Å². The van der Waals surface area contributed by atoms with Gasteiger partial charge in [0.1, 0.15) is 11.0 Å². The van der Waals surface area contributed by atoms with Crippen molar-refractivity contribution < 1.29 is 24.2 Å². The third kappa shape index (κ3) is 6.39. The Balaban J connectivity index is 2.07. The minimum Gasteiger partial charge on any atom is -0.480 e. The Morgan fingerprint density at radius 3 is 2.43 bits per heavy atom. The summed E-state index contributed by atoms with van der Waals surface area (Å²) < 4.78 is 11.2. The van der Waals surface area contributed by atoms with E-state index in [1.54, 1.807) is 4.90 Å². The Kier molecular flexibility index (Phi) is 8.63. The van der Waals surface area contributed by atoms with Gasteiger partial charge in [0.2, 0.25) is 6.29 Å². The molecule has 2 rings (SSSR count). The van der Waals surface area contributed by atoms with Gasteiger partial charge in [0.15, 0.2) is 0 Å². The minimum atomic E-state index is -0.950. The highest BCUT2D eigenvalue weighted by Gasteiger charge is 2.41. The molecule has 1 aliphatic rings. The molecule has 0 saturated carbocycles. The predicted molar refractivity (Wildman–Crippen MR) is 115 cm³/mol. The van der Waals surface area contributed by atoms with Crippen LogP contribution in [0.1, 0.15) is 65.0 Å². The summed E-state index contributed by atoms with van der Waals surface area (Å²) in [5, 5.41) is 12.4. The number of aliphatic carboxylic acids is 1. The highest BCUT2D eigenvalue weighted by Crippen LogP contribution is 2.30. The molecule has 1 aromatic heterocycles. The second kappa shape index (κ2) is 10.5. The summed E-state index contributed by atoms with van der Waals surface area (Å²) in [5.41, 5.74) is 0.744. The second-order valence-electron chi connectivity index (χ2n) is 8.84. The first-order chi connectivity index (χ1) is 14.1. The van der Waals surface area contributed by atoms with Crippen molar-refractivity contribution >= 4 is 23.3 Å². The molecule has 1 aromatic rings. The van der Waals surface area contributed by atoms with E-state index in [4.69, 9.17) is 9.47 Å². The number of carbonyl (C=O) groups is 2. The van der Waals surface area contributed by atoms with Gasteiger partial charge in [-0.15, -0.1) is 11.3 Å². The van der Waals surface area contributed by atoms with Crippen molar-refractivity contribution in [3.8, 4) is 0 Å². The van der Waals surface area contributed by atoms with Crippen LogP contribution in [0.3, 0.4) is 0 Å². The van der Waals surface area contributed by atoms with Gasteiger partial charge >= 0.3 is 12.0 Å². The molecule has 0 spiro atoms. The van der Waals surface area contributed by atoms with Gasteiger partial charge in [0.25, 0.3) is 0 Å². The lowest BCUT2D eigenvalue weighted by molar-refractivity contribution is -0.144. The van der Waals surface area contributed by atoms with Crippen molar-refractivity contribution in [1.29, 1.82) is 0 Å². The topological polar surface area (TPSA) is 92.2 Å². The zero-order valence-electron chi connectivity index (χ0n) is 18.9. The van der Waals surface area contributed by atoms with Crippen LogP contribution in [0.4, 0.5) is 4.79 Å². The summed E-state index contributed by atoms with van der Waals surface area (Å²) in [6, 6.07) is -1.07. The van der Waals surface area contributed by atoms with E-state index in [1.165, 1.54) is 16.2 Å². The van der Waals surface area contributed by atoms with Gasteiger partial charge in [-0.25, -0.2) is 14.6 Å². The Morgan fingerprint density at radius 1 is 1.27 bits per heavy atom. The quantitative estimate of drug-likeness (QED) is 0.522. The zero-order chi connectivity index (χ0) is 22.5. The van der Waals surface area contributed by atoms with Crippen LogP contribution in [0.5, 0.6) is 0 Å². The second-order valence-corrected chi connectivity index (χ2v) is 9.73. The first-order valence-electron chi connectivity index (χ1n) is 10.5. The molecule has 170 valence electrons. The number of rotatable bonds is 11. The number of aromatic nitrogens is 1. The van der Waals surface area contributed by atoms with Crippen LogP contribution in [0.2, 0.25) is 0 Å². The number of urea groups is 1. The third-order valence-electron chi connectivity index (χ3n) is 4.95. The molecular weight excluding hydrogens is 406 g/mol. The molecule has 9 heteroatoms. The Morgan fingerprint density at radius 2 is 1.90 bits per heavy atom. The number of carboxylic acid groups (broad SMARTS) is 1. The Bertz CT molecular complexity index is 712. The molecule has 0 aliphatic carbocycles. The van der Waals surface area contributed by atoms with Crippen LogP contribution in [0, 0.1) is 11.3 Å². The highest BCUT2D eigenvalue weighted by molar-refractivity contribution is 7.09. The van der Waals surface area contributed by atoms with E-state index in [-0.39, 0.29) is 17.4 Å². The first-order valence-corrected chi connectivity index (χ1v) is 11.4. The van der Waals surface area contributed by atoms with Crippen molar-refractivity contribution in [2.45, 2.75) is 66.8 Å². The average Bonchev–Trinajstić information content (AvgIpc) is 3.22. The largest absolute Gasteiger partial charge is 0.480 e. The van der Waals surface area contributed by atoms with Gasteiger partial charge in [-0.3, -0.25) is 0 Å². The summed E-state index contributed by atoms with van der Waals surface area (Å²) in [6.07, 6.45) is 0.221. The molecule has 1 saturated heterocycles.